The van der Waals surface area contributed by atoms with E-state index in [-0.39, 0.29) is 5.97 Å². The number of rotatable bonds is 10. The van der Waals surface area contributed by atoms with Gasteiger partial charge >= 0.3 is 5.97 Å². The molecule has 0 N–H and O–H groups in total. The molecular weight excluding hydrogens is 226 g/mol. The molecule has 0 spiro atoms. The van der Waals surface area contributed by atoms with Crippen LogP contribution >= 0.6 is 0 Å². The van der Waals surface area contributed by atoms with E-state index in [4.69, 9.17) is 0 Å². The van der Waals surface area contributed by atoms with Crippen molar-refractivity contribution in [2.24, 2.45) is 0 Å². The number of halogens is 2. The fourth-order valence-electron chi connectivity index (χ4n) is 1.61. The van der Waals surface area contributed by atoms with Gasteiger partial charge in [0.05, 0.1) is 7.11 Å². The van der Waals surface area contributed by atoms with Crippen LogP contribution in [0.5, 0.6) is 0 Å². The molecule has 0 amide bonds. The van der Waals surface area contributed by atoms with Gasteiger partial charge in [0.1, 0.15) is 0 Å². The summed E-state index contributed by atoms with van der Waals surface area (Å²) in [5, 5.41) is 0. The van der Waals surface area contributed by atoms with Gasteiger partial charge in [-0.1, -0.05) is 32.1 Å². The molecule has 0 rings (SSSR count). The number of hydrogen-bond donors (Lipinski definition) is 0. The summed E-state index contributed by atoms with van der Waals surface area (Å²) in [7, 11) is 1.40. The maximum Gasteiger partial charge on any atom is 0.305 e. The van der Waals surface area contributed by atoms with Gasteiger partial charge in [-0.05, 0) is 25.3 Å². The lowest BCUT2D eigenvalue weighted by atomic mass is 10.1. The number of carbonyl (C=O) groups is 1. The number of unbranched alkanes of at least 4 members (excludes halogenated alkanes) is 7. The van der Waals surface area contributed by atoms with Gasteiger partial charge in [0, 0.05) is 6.42 Å². The van der Waals surface area contributed by atoms with Crippen molar-refractivity contribution in [1.29, 1.82) is 0 Å². The van der Waals surface area contributed by atoms with Gasteiger partial charge in [0.15, 0.2) is 0 Å². The Morgan fingerprint density at radius 3 is 2.06 bits per heavy atom. The van der Waals surface area contributed by atoms with Crippen LogP contribution in [0.1, 0.15) is 57.8 Å². The number of hydrogen-bond acceptors (Lipinski definition) is 2. The second kappa shape index (κ2) is 11.6. The van der Waals surface area contributed by atoms with Crippen molar-refractivity contribution >= 4 is 5.97 Å². The minimum absolute atomic E-state index is 0.148. The van der Waals surface area contributed by atoms with Crippen molar-refractivity contribution in [1.82, 2.24) is 0 Å². The zero-order chi connectivity index (χ0) is 12.9. The quantitative estimate of drug-likeness (QED) is 0.421. The molecule has 0 aromatic rings. The number of allylic oxidation sites excluding steroid dienone is 1. The highest BCUT2D eigenvalue weighted by Gasteiger charge is 1.98. The Kier molecular flexibility index (Phi) is 10.9. The molecule has 0 atom stereocenters. The highest BCUT2D eigenvalue weighted by Crippen LogP contribution is 2.11. The van der Waals surface area contributed by atoms with Gasteiger partial charge in [0.25, 0.3) is 6.08 Å². The van der Waals surface area contributed by atoms with E-state index in [0.29, 0.717) is 12.8 Å². The van der Waals surface area contributed by atoms with Crippen molar-refractivity contribution in [2.75, 3.05) is 7.11 Å². The third kappa shape index (κ3) is 13.0. The van der Waals surface area contributed by atoms with Gasteiger partial charge in [-0.15, -0.1) is 0 Å². The zero-order valence-corrected chi connectivity index (χ0v) is 10.5. The van der Waals surface area contributed by atoms with Crippen LogP contribution in [0.15, 0.2) is 12.2 Å². The Labute approximate surface area is 102 Å². The predicted molar refractivity (Wildman–Crippen MR) is 63.9 cm³/mol. The number of esters is 1. The van der Waals surface area contributed by atoms with Crippen LogP contribution in [0, 0.1) is 0 Å². The molecule has 0 unspecified atom stereocenters. The zero-order valence-electron chi connectivity index (χ0n) is 10.5. The fraction of sp³-hybridized carbons (Fsp3) is 0.769. The van der Waals surface area contributed by atoms with Crippen molar-refractivity contribution in [2.45, 2.75) is 57.8 Å². The van der Waals surface area contributed by atoms with Crippen LogP contribution in [0.3, 0.4) is 0 Å². The molecule has 0 aromatic carbocycles. The highest BCUT2D eigenvalue weighted by molar-refractivity contribution is 5.68. The van der Waals surface area contributed by atoms with Crippen LogP contribution in [0.2, 0.25) is 0 Å². The molecular formula is C13H22F2O2. The van der Waals surface area contributed by atoms with Crippen molar-refractivity contribution in [3.63, 3.8) is 0 Å². The third-order valence-electron chi connectivity index (χ3n) is 2.61. The van der Waals surface area contributed by atoms with E-state index in [0.717, 1.165) is 51.0 Å². The highest BCUT2D eigenvalue weighted by atomic mass is 19.3. The molecule has 0 aromatic heterocycles. The van der Waals surface area contributed by atoms with Crippen molar-refractivity contribution < 1.29 is 18.3 Å². The molecule has 17 heavy (non-hydrogen) atoms. The summed E-state index contributed by atoms with van der Waals surface area (Å²) in [4.78, 5) is 10.8. The van der Waals surface area contributed by atoms with Crippen LogP contribution in [-0.2, 0) is 9.53 Å². The Hall–Kier alpha value is -0.930. The molecule has 0 bridgehead atoms. The predicted octanol–water partition coefficient (Wildman–Crippen LogP) is 4.45. The Balaban J connectivity index is 3.09. The monoisotopic (exact) mass is 248 g/mol. The van der Waals surface area contributed by atoms with Gasteiger partial charge in [-0.2, -0.15) is 8.78 Å². The lowest BCUT2D eigenvalue weighted by Gasteiger charge is -2.01. The van der Waals surface area contributed by atoms with E-state index in [2.05, 4.69) is 4.74 Å². The number of carbonyl (C=O) groups excluding carboxylic acids is 1. The summed E-state index contributed by atoms with van der Waals surface area (Å²) in [5.74, 6) is -0.148. The first-order valence-corrected chi connectivity index (χ1v) is 6.24. The largest absolute Gasteiger partial charge is 0.469 e. The first-order valence-electron chi connectivity index (χ1n) is 6.24. The van der Waals surface area contributed by atoms with Gasteiger partial charge in [0.2, 0.25) is 0 Å². The van der Waals surface area contributed by atoms with E-state index in [9.17, 15) is 13.6 Å². The Morgan fingerprint density at radius 1 is 1.00 bits per heavy atom. The first kappa shape index (κ1) is 16.1. The summed E-state index contributed by atoms with van der Waals surface area (Å²) >= 11 is 0. The Morgan fingerprint density at radius 2 is 1.53 bits per heavy atom. The third-order valence-corrected chi connectivity index (χ3v) is 2.61. The maximum atomic E-state index is 11.7. The van der Waals surface area contributed by atoms with E-state index in [1.54, 1.807) is 0 Å². The molecule has 2 nitrogen and oxygen atoms in total. The van der Waals surface area contributed by atoms with Crippen LogP contribution in [0.4, 0.5) is 8.78 Å². The standard InChI is InChI=1S/C13H22F2O2/c1-17-13(16)11-9-7-5-3-2-4-6-8-10-12(14)15/h10H,2-9,11H2,1H3. The molecule has 0 aliphatic rings. The molecule has 0 heterocycles. The second-order valence-electron chi connectivity index (χ2n) is 4.08. The van der Waals surface area contributed by atoms with E-state index in [1.807, 2.05) is 0 Å². The summed E-state index contributed by atoms with van der Waals surface area (Å²) in [6.07, 6.45) is 7.43. The topological polar surface area (TPSA) is 26.3 Å². The van der Waals surface area contributed by atoms with Gasteiger partial charge < -0.3 is 4.74 Å². The molecule has 0 saturated carbocycles. The van der Waals surface area contributed by atoms with Crippen molar-refractivity contribution in [3.8, 4) is 0 Å². The SMILES string of the molecule is COC(=O)CCCCCCCCCC=C(F)F. The van der Waals surface area contributed by atoms with Crippen LogP contribution in [-0.4, -0.2) is 13.1 Å². The Bertz CT molecular complexity index is 223. The van der Waals surface area contributed by atoms with Crippen molar-refractivity contribution in [3.05, 3.63) is 12.2 Å². The minimum Gasteiger partial charge on any atom is -0.469 e. The smallest absolute Gasteiger partial charge is 0.305 e. The lowest BCUT2D eigenvalue weighted by molar-refractivity contribution is -0.140. The van der Waals surface area contributed by atoms with E-state index < -0.39 is 6.08 Å². The molecule has 0 saturated heterocycles. The van der Waals surface area contributed by atoms with E-state index in [1.165, 1.54) is 7.11 Å². The molecule has 0 aliphatic heterocycles. The molecule has 0 radical (unpaired) electrons. The average molecular weight is 248 g/mol. The van der Waals surface area contributed by atoms with Crippen LogP contribution < -0.4 is 0 Å². The van der Waals surface area contributed by atoms with Gasteiger partial charge in [-0.3, -0.25) is 4.79 Å². The number of ether oxygens (including phenoxy) is 1. The molecule has 4 heteroatoms. The summed E-state index contributed by atoms with van der Waals surface area (Å²) in [5.41, 5.74) is 0. The molecule has 100 valence electrons. The maximum absolute atomic E-state index is 11.7. The number of methoxy groups -OCH3 is 1. The lowest BCUT2D eigenvalue weighted by Crippen LogP contribution is -1.99. The summed E-state index contributed by atoms with van der Waals surface area (Å²) < 4.78 is 27.9. The van der Waals surface area contributed by atoms with Gasteiger partial charge in [-0.25, -0.2) is 0 Å². The van der Waals surface area contributed by atoms with Crippen LogP contribution in [0.25, 0.3) is 0 Å². The second-order valence-corrected chi connectivity index (χ2v) is 4.08. The molecule has 0 aliphatic carbocycles. The fourth-order valence-corrected chi connectivity index (χ4v) is 1.61. The van der Waals surface area contributed by atoms with E-state index >= 15 is 0 Å². The first-order chi connectivity index (χ1) is 8.16. The summed E-state index contributed by atoms with van der Waals surface area (Å²) in [6.45, 7) is 0. The molecule has 0 fully saturated rings. The normalized spacial score (nSPS) is 10.1. The minimum atomic E-state index is -1.58. The average Bonchev–Trinajstić information content (AvgIpc) is 2.30. The summed E-state index contributed by atoms with van der Waals surface area (Å²) in [6, 6.07) is 0.